The number of aromatic nitrogens is 7. The van der Waals surface area contributed by atoms with Crippen molar-refractivity contribution in [3.63, 3.8) is 0 Å². The predicted octanol–water partition coefficient (Wildman–Crippen LogP) is 2.96. The molecule has 5 rings (SSSR count). The van der Waals surface area contributed by atoms with Gasteiger partial charge in [0.25, 0.3) is 0 Å². The summed E-state index contributed by atoms with van der Waals surface area (Å²) >= 11 is 0. The molecular weight excluding hydrogens is 302 g/mol. The molecule has 0 spiro atoms. The normalized spacial score (nSPS) is 11.3. The molecule has 2 N–H and O–H groups in total. The highest BCUT2D eigenvalue weighted by Gasteiger charge is 2.14. The lowest BCUT2D eigenvalue weighted by Crippen LogP contribution is -1.87. The zero-order chi connectivity index (χ0) is 15.9. The maximum atomic E-state index is 4.74. The van der Waals surface area contributed by atoms with Gasteiger partial charge in [-0.2, -0.15) is 5.10 Å². The van der Waals surface area contributed by atoms with Crippen molar-refractivity contribution < 1.29 is 0 Å². The average molecular weight is 313 g/mol. The molecule has 0 aliphatic carbocycles. The number of pyridine rings is 3. The van der Waals surface area contributed by atoms with E-state index in [1.807, 2.05) is 30.3 Å². The highest BCUT2D eigenvalue weighted by molar-refractivity contribution is 5.91. The molecule has 0 radical (unpaired) electrons. The Hall–Kier alpha value is -3.61. The quantitative estimate of drug-likeness (QED) is 0.522. The number of nitrogens with one attached hydrogen (secondary N) is 2. The minimum Gasteiger partial charge on any atom is -0.335 e. The fraction of sp³-hybridized carbons (Fsp3) is 0. The molecule has 0 atom stereocenters. The van der Waals surface area contributed by atoms with Crippen molar-refractivity contribution in [2.24, 2.45) is 0 Å². The van der Waals surface area contributed by atoms with Gasteiger partial charge in [0.2, 0.25) is 0 Å². The van der Waals surface area contributed by atoms with Gasteiger partial charge in [-0.3, -0.25) is 15.1 Å². The Balaban J connectivity index is 1.71. The van der Waals surface area contributed by atoms with Crippen LogP contribution in [0.1, 0.15) is 0 Å². The second-order valence-electron chi connectivity index (χ2n) is 5.38. The molecule has 0 bridgehead atoms. The fourth-order valence-corrected chi connectivity index (χ4v) is 2.71. The smallest absolute Gasteiger partial charge is 0.161 e. The monoisotopic (exact) mass is 313 g/mol. The maximum Gasteiger partial charge on any atom is 0.161 e. The lowest BCUT2D eigenvalue weighted by Gasteiger charge is -2.00. The van der Waals surface area contributed by atoms with Crippen molar-refractivity contribution in [3.05, 3.63) is 55.1 Å². The third-order valence-corrected chi connectivity index (χ3v) is 3.87. The molecule has 5 aromatic heterocycles. The molecule has 24 heavy (non-hydrogen) atoms. The number of fused-ring (bicyclic) bond motifs is 2. The van der Waals surface area contributed by atoms with Crippen LogP contribution < -0.4 is 0 Å². The predicted molar refractivity (Wildman–Crippen MR) is 90.0 cm³/mol. The lowest BCUT2D eigenvalue weighted by atomic mass is 10.2. The molecule has 5 heterocycles. The largest absolute Gasteiger partial charge is 0.335 e. The fourth-order valence-electron chi connectivity index (χ4n) is 2.71. The number of imidazole rings is 1. The summed E-state index contributed by atoms with van der Waals surface area (Å²) in [6.07, 6.45) is 7.00. The van der Waals surface area contributed by atoms with Crippen molar-refractivity contribution >= 4 is 22.1 Å². The van der Waals surface area contributed by atoms with Gasteiger partial charge in [-0.1, -0.05) is 0 Å². The lowest BCUT2D eigenvalue weighted by molar-refractivity contribution is 1.10. The SMILES string of the molecule is c1cncc(-c2ccc3[nH]nc(-c4nc5ccncc5[nH]4)c3n2)c1. The Bertz CT molecular complexity index is 1120. The van der Waals surface area contributed by atoms with Gasteiger partial charge in [-0.05, 0) is 30.3 Å². The van der Waals surface area contributed by atoms with Gasteiger partial charge in [0.05, 0.1) is 28.4 Å². The summed E-state index contributed by atoms with van der Waals surface area (Å²) in [6, 6.07) is 9.64. The van der Waals surface area contributed by atoms with Crippen molar-refractivity contribution in [2.75, 3.05) is 0 Å². The Morgan fingerprint density at radius 3 is 2.67 bits per heavy atom. The Morgan fingerprint density at radius 1 is 0.833 bits per heavy atom. The number of aromatic amines is 2. The first-order valence-electron chi connectivity index (χ1n) is 7.44. The van der Waals surface area contributed by atoms with Crippen molar-refractivity contribution in [1.82, 2.24) is 35.1 Å². The van der Waals surface area contributed by atoms with Gasteiger partial charge in [0.15, 0.2) is 11.5 Å². The molecule has 0 saturated heterocycles. The van der Waals surface area contributed by atoms with E-state index in [4.69, 9.17) is 4.98 Å². The van der Waals surface area contributed by atoms with Crippen LogP contribution in [0.25, 0.3) is 44.8 Å². The Kier molecular flexibility index (Phi) is 2.66. The zero-order valence-electron chi connectivity index (χ0n) is 12.4. The van der Waals surface area contributed by atoms with Crippen LogP contribution in [0.4, 0.5) is 0 Å². The summed E-state index contributed by atoms with van der Waals surface area (Å²) in [5.41, 5.74) is 5.83. The van der Waals surface area contributed by atoms with Gasteiger partial charge in [0, 0.05) is 24.2 Å². The van der Waals surface area contributed by atoms with E-state index in [-0.39, 0.29) is 0 Å². The standard InChI is InChI=1S/C17H11N7/c1-2-10(8-18-6-1)11-3-4-13-15(20-11)16(24-23-13)17-21-12-5-7-19-9-14(12)22-17/h1-9H,(H,21,22)(H,23,24). The van der Waals surface area contributed by atoms with E-state index in [9.17, 15) is 0 Å². The summed E-state index contributed by atoms with van der Waals surface area (Å²) in [6.45, 7) is 0. The van der Waals surface area contributed by atoms with Crippen LogP contribution in [0.15, 0.2) is 55.1 Å². The minimum atomic E-state index is 0.667. The average Bonchev–Trinajstić information content (AvgIpc) is 3.25. The van der Waals surface area contributed by atoms with Gasteiger partial charge in [0.1, 0.15) is 5.52 Å². The molecule has 0 aliphatic rings. The molecule has 0 aliphatic heterocycles. The topological polar surface area (TPSA) is 96.0 Å². The molecule has 0 aromatic carbocycles. The first kappa shape index (κ1) is 12.9. The molecule has 0 unspecified atom stereocenters. The molecular formula is C17H11N7. The first-order valence-corrected chi connectivity index (χ1v) is 7.44. The van der Waals surface area contributed by atoms with Crippen LogP contribution in [0.2, 0.25) is 0 Å². The van der Waals surface area contributed by atoms with Crippen LogP contribution in [0.5, 0.6) is 0 Å². The van der Waals surface area contributed by atoms with Crippen LogP contribution in [0, 0.1) is 0 Å². The molecule has 0 amide bonds. The summed E-state index contributed by atoms with van der Waals surface area (Å²) < 4.78 is 0. The minimum absolute atomic E-state index is 0.667. The van der Waals surface area contributed by atoms with E-state index in [1.54, 1.807) is 24.8 Å². The Morgan fingerprint density at radius 2 is 1.79 bits per heavy atom. The van der Waals surface area contributed by atoms with Gasteiger partial charge in [-0.15, -0.1) is 0 Å². The third kappa shape index (κ3) is 1.95. The van der Waals surface area contributed by atoms with Crippen LogP contribution in [-0.2, 0) is 0 Å². The van der Waals surface area contributed by atoms with Gasteiger partial charge < -0.3 is 4.98 Å². The number of hydrogen-bond donors (Lipinski definition) is 2. The second-order valence-corrected chi connectivity index (χ2v) is 5.38. The molecule has 114 valence electrons. The van der Waals surface area contributed by atoms with E-state index in [0.717, 1.165) is 33.3 Å². The third-order valence-electron chi connectivity index (χ3n) is 3.87. The first-order chi connectivity index (χ1) is 11.9. The molecule has 5 aromatic rings. The van der Waals surface area contributed by atoms with Crippen molar-refractivity contribution in [1.29, 1.82) is 0 Å². The molecule has 0 saturated carbocycles. The van der Waals surface area contributed by atoms with E-state index in [0.29, 0.717) is 11.5 Å². The van der Waals surface area contributed by atoms with Crippen LogP contribution >= 0.6 is 0 Å². The van der Waals surface area contributed by atoms with Crippen LogP contribution in [0.3, 0.4) is 0 Å². The molecule has 7 nitrogen and oxygen atoms in total. The number of hydrogen-bond acceptors (Lipinski definition) is 5. The van der Waals surface area contributed by atoms with Crippen molar-refractivity contribution in [3.8, 4) is 22.8 Å². The maximum absolute atomic E-state index is 4.74. The number of H-pyrrole nitrogens is 2. The molecule has 0 fully saturated rings. The van der Waals surface area contributed by atoms with Gasteiger partial charge in [-0.25, -0.2) is 9.97 Å². The summed E-state index contributed by atoms with van der Waals surface area (Å²) in [5.74, 6) is 0.667. The summed E-state index contributed by atoms with van der Waals surface area (Å²) in [5, 5.41) is 7.38. The highest BCUT2D eigenvalue weighted by atomic mass is 15.1. The van der Waals surface area contributed by atoms with E-state index in [2.05, 4.69) is 30.1 Å². The van der Waals surface area contributed by atoms with E-state index in [1.165, 1.54) is 0 Å². The van der Waals surface area contributed by atoms with Gasteiger partial charge >= 0.3 is 0 Å². The van der Waals surface area contributed by atoms with Crippen LogP contribution in [-0.4, -0.2) is 35.1 Å². The highest BCUT2D eigenvalue weighted by Crippen LogP contribution is 2.27. The summed E-state index contributed by atoms with van der Waals surface area (Å²) in [7, 11) is 0. The molecule has 7 heteroatoms. The Labute approximate surface area is 135 Å². The zero-order valence-corrected chi connectivity index (χ0v) is 12.4. The number of rotatable bonds is 2. The van der Waals surface area contributed by atoms with E-state index < -0.39 is 0 Å². The number of nitrogens with zero attached hydrogens (tertiary/aromatic N) is 5. The van der Waals surface area contributed by atoms with E-state index >= 15 is 0 Å². The summed E-state index contributed by atoms with van der Waals surface area (Å²) in [4.78, 5) is 20.8. The second kappa shape index (κ2) is 4.95. The van der Waals surface area contributed by atoms with Crippen molar-refractivity contribution in [2.45, 2.75) is 0 Å².